The second-order valence-electron chi connectivity index (χ2n) is 3.89. The highest BCUT2D eigenvalue weighted by atomic mass is 16.2. The lowest BCUT2D eigenvalue weighted by Gasteiger charge is -2.12. The van der Waals surface area contributed by atoms with Gasteiger partial charge in [-0.15, -0.1) is 0 Å². The lowest BCUT2D eigenvalue weighted by molar-refractivity contribution is 0.0827. The molecule has 1 aromatic rings. The van der Waals surface area contributed by atoms with Gasteiger partial charge in [0.2, 0.25) is 0 Å². The molecule has 0 bridgehead atoms. The van der Waals surface area contributed by atoms with Crippen LogP contribution in [0.4, 0.5) is 0 Å². The number of hydrogen-bond acceptors (Lipinski definition) is 1. The first-order valence-corrected chi connectivity index (χ1v) is 5.43. The van der Waals surface area contributed by atoms with Crippen LogP contribution in [-0.2, 0) is 12.8 Å². The standard InChI is InChI=1S/C13H19NO/c1-5-10-7-8-12(9-11(10)6-2)13(15)14(3)4/h7-9H,5-6H2,1-4H3. The number of amides is 1. The maximum absolute atomic E-state index is 11.7. The topological polar surface area (TPSA) is 20.3 Å². The Bertz CT molecular complexity index is 356. The average molecular weight is 205 g/mol. The summed E-state index contributed by atoms with van der Waals surface area (Å²) in [4.78, 5) is 13.3. The molecule has 0 saturated heterocycles. The molecule has 15 heavy (non-hydrogen) atoms. The van der Waals surface area contributed by atoms with Crippen LogP contribution < -0.4 is 0 Å². The number of benzene rings is 1. The highest BCUT2D eigenvalue weighted by Crippen LogP contribution is 2.14. The van der Waals surface area contributed by atoms with Crippen molar-refractivity contribution in [2.45, 2.75) is 26.7 Å². The summed E-state index contributed by atoms with van der Waals surface area (Å²) >= 11 is 0. The van der Waals surface area contributed by atoms with Crippen molar-refractivity contribution >= 4 is 5.91 Å². The Morgan fingerprint density at radius 1 is 1.13 bits per heavy atom. The highest BCUT2D eigenvalue weighted by molar-refractivity contribution is 5.94. The molecule has 0 atom stereocenters. The van der Waals surface area contributed by atoms with E-state index in [1.807, 2.05) is 12.1 Å². The molecule has 0 unspecified atom stereocenters. The summed E-state index contributed by atoms with van der Waals surface area (Å²) in [5.74, 6) is 0.0763. The van der Waals surface area contributed by atoms with Crippen molar-refractivity contribution in [3.63, 3.8) is 0 Å². The van der Waals surface area contributed by atoms with Gasteiger partial charge in [-0.25, -0.2) is 0 Å². The van der Waals surface area contributed by atoms with Gasteiger partial charge in [0.1, 0.15) is 0 Å². The quantitative estimate of drug-likeness (QED) is 0.742. The average Bonchev–Trinajstić information content (AvgIpc) is 2.26. The van der Waals surface area contributed by atoms with Crippen molar-refractivity contribution in [2.24, 2.45) is 0 Å². The summed E-state index contributed by atoms with van der Waals surface area (Å²) in [6, 6.07) is 6.00. The Balaban J connectivity index is 3.08. The number of carbonyl (C=O) groups excluding carboxylic acids is 1. The largest absolute Gasteiger partial charge is 0.345 e. The van der Waals surface area contributed by atoms with E-state index in [0.29, 0.717) is 0 Å². The predicted molar refractivity (Wildman–Crippen MR) is 63.2 cm³/mol. The molecule has 0 spiro atoms. The van der Waals surface area contributed by atoms with Gasteiger partial charge >= 0.3 is 0 Å². The summed E-state index contributed by atoms with van der Waals surface area (Å²) in [6.45, 7) is 4.26. The fourth-order valence-corrected chi connectivity index (χ4v) is 1.69. The number of rotatable bonds is 3. The summed E-state index contributed by atoms with van der Waals surface area (Å²) in [5.41, 5.74) is 3.41. The first kappa shape index (κ1) is 11.8. The molecule has 0 fully saturated rings. The first-order valence-electron chi connectivity index (χ1n) is 5.43. The number of hydrogen-bond donors (Lipinski definition) is 0. The minimum absolute atomic E-state index is 0.0763. The van der Waals surface area contributed by atoms with E-state index >= 15 is 0 Å². The molecule has 2 nitrogen and oxygen atoms in total. The van der Waals surface area contributed by atoms with Crippen molar-refractivity contribution in [3.8, 4) is 0 Å². The van der Waals surface area contributed by atoms with Crippen molar-refractivity contribution in [3.05, 3.63) is 34.9 Å². The Labute approximate surface area is 91.9 Å². The van der Waals surface area contributed by atoms with Crippen LogP contribution in [0.15, 0.2) is 18.2 Å². The van der Waals surface area contributed by atoms with E-state index in [0.717, 1.165) is 18.4 Å². The van der Waals surface area contributed by atoms with Crippen molar-refractivity contribution in [1.82, 2.24) is 4.90 Å². The lowest BCUT2D eigenvalue weighted by atomic mass is 10.00. The third-order valence-electron chi connectivity index (χ3n) is 2.62. The molecule has 82 valence electrons. The molecule has 0 heterocycles. The van der Waals surface area contributed by atoms with E-state index < -0.39 is 0 Å². The third kappa shape index (κ3) is 2.58. The van der Waals surface area contributed by atoms with Crippen LogP contribution in [0, 0.1) is 0 Å². The maximum Gasteiger partial charge on any atom is 0.253 e. The Kier molecular flexibility index (Phi) is 3.89. The smallest absolute Gasteiger partial charge is 0.253 e. The molecule has 0 saturated carbocycles. The fraction of sp³-hybridized carbons (Fsp3) is 0.462. The molecule has 0 aliphatic carbocycles. The van der Waals surface area contributed by atoms with E-state index in [9.17, 15) is 4.79 Å². The van der Waals surface area contributed by atoms with Gasteiger partial charge < -0.3 is 4.90 Å². The Morgan fingerprint density at radius 2 is 1.73 bits per heavy atom. The summed E-state index contributed by atoms with van der Waals surface area (Å²) in [6.07, 6.45) is 2.01. The zero-order valence-electron chi connectivity index (χ0n) is 10.0. The van der Waals surface area contributed by atoms with Gasteiger partial charge in [0.25, 0.3) is 5.91 Å². The van der Waals surface area contributed by atoms with Crippen LogP contribution in [0.25, 0.3) is 0 Å². The normalized spacial score (nSPS) is 10.1. The van der Waals surface area contributed by atoms with Gasteiger partial charge in [-0.1, -0.05) is 19.9 Å². The molecule has 0 radical (unpaired) electrons. The van der Waals surface area contributed by atoms with Crippen LogP contribution >= 0.6 is 0 Å². The van der Waals surface area contributed by atoms with E-state index in [1.54, 1.807) is 19.0 Å². The van der Waals surface area contributed by atoms with Crippen LogP contribution in [0.5, 0.6) is 0 Å². The monoisotopic (exact) mass is 205 g/mol. The van der Waals surface area contributed by atoms with Gasteiger partial charge in [-0.3, -0.25) is 4.79 Å². The molecule has 2 heteroatoms. The van der Waals surface area contributed by atoms with Gasteiger partial charge in [0.05, 0.1) is 0 Å². The summed E-state index contributed by atoms with van der Waals surface area (Å²) < 4.78 is 0. The van der Waals surface area contributed by atoms with Crippen LogP contribution in [-0.4, -0.2) is 24.9 Å². The van der Waals surface area contributed by atoms with Gasteiger partial charge in [0, 0.05) is 19.7 Å². The Hall–Kier alpha value is -1.31. The third-order valence-corrected chi connectivity index (χ3v) is 2.62. The molecule has 0 N–H and O–H groups in total. The SMILES string of the molecule is CCc1ccc(C(=O)N(C)C)cc1CC. The van der Waals surface area contributed by atoms with Crippen molar-refractivity contribution in [1.29, 1.82) is 0 Å². The minimum atomic E-state index is 0.0763. The van der Waals surface area contributed by atoms with Gasteiger partial charge in [-0.05, 0) is 36.1 Å². The molecule has 1 aromatic carbocycles. The maximum atomic E-state index is 11.7. The minimum Gasteiger partial charge on any atom is -0.345 e. The molecule has 1 amide bonds. The molecular formula is C13H19NO. The summed E-state index contributed by atoms with van der Waals surface area (Å²) in [7, 11) is 3.56. The van der Waals surface area contributed by atoms with E-state index in [-0.39, 0.29) is 5.91 Å². The first-order chi connectivity index (χ1) is 7.10. The molecule has 0 aromatic heterocycles. The van der Waals surface area contributed by atoms with Crippen molar-refractivity contribution < 1.29 is 4.79 Å². The fourth-order valence-electron chi connectivity index (χ4n) is 1.69. The van der Waals surface area contributed by atoms with E-state index in [1.165, 1.54) is 11.1 Å². The lowest BCUT2D eigenvalue weighted by Crippen LogP contribution is -2.21. The summed E-state index contributed by atoms with van der Waals surface area (Å²) in [5, 5.41) is 0. The Morgan fingerprint density at radius 3 is 2.20 bits per heavy atom. The zero-order valence-corrected chi connectivity index (χ0v) is 10.0. The zero-order chi connectivity index (χ0) is 11.4. The van der Waals surface area contributed by atoms with Gasteiger partial charge in [-0.2, -0.15) is 0 Å². The molecule has 0 aliphatic heterocycles. The predicted octanol–water partition coefficient (Wildman–Crippen LogP) is 2.51. The highest BCUT2D eigenvalue weighted by Gasteiger charge is 2.09. The molecule has 0 aliphatic rings. The van der Waals surface area contributed by atoms with Crippen LogP contribution in [0.2, 0.25) is 0 Å². The van der Waals surface area contributed by atoms with E-state index in [4.69, 9.17) is 0 Å². The number of aryl methyl sites for hydroxylation is 2. The number of carbonyl (C=O) groups is 1. The van der Waals surface area contributed by atoms with E-state index in [2.05, 4.69) is 19.9 Å². The van der Waals surface area contributed by atoms with Crippen LogP contribution in [0.1, 0.15) is 35.3 Å². The van der Waals surface area contributed by atoms with Crippen LogP contribution in [0.3, 0.4) is 0 Å². The van der Waals surface area contributed by atoms with Crippen molar-refractivity contribution in [2.75, 3.05) is 14.1 Å². The number of nitrogens with zero attached hydrogens (tertiary/aromatic N) is 1. The molecule has 1 rings (SSSR count). The second-order valence-corrected chi connectivity index (χ2v) is 3.89. The van der Waals surface area contributed by atoms with Gasteiger partial charge in [0.15, 0.2) is 0 Å². The second kappa shape index (κ2) is 4.96. The molecular weight excluding hydrogens is 186 g/mol.